The molecule has 1 N–H and O–H groups in total. The normalized spacial score (nSPS) is 16.2. The Balaban J connectivity index is 1.82. The quantitative estimate of drug-likeness (QED) is 0.442. The zero-order valence-corrected chi connectivity index (χ0v) is 19.8. The average Bonchev–Trinajstić information content (AvgIpc) is 3.42. The molecule has 5 nitrogen and oxygen atoms in total. The van der Waals surface area contributed by atoms with Crippen LogP contribution in [0.1, 0.15) is 37.4 Å². The number of ketones is 1. The largest absolute Gasteiger partial charge is 0.503 e. The highest BCUT2D eigenvalue weighted by atomic mass is 32.1. The zero-order chi connectivity index (χ0) is 23.5. The van der Waals surface area contributed by atoms with Crippen molar-refractivity contribution in [3.05, 3.63) is 87.8 Å². The highest BCUT2D eigenvalue weighted by molar-refractivity contribution is 7.08. The van der Waals surface area contributed by atoms with E-state index < -0.39 is 17.7 Å². The second-order valence-electron chi connectivity index (χ2n) is 8.55. The molecule has 0 aliphatic carbocycles. The third kappa shape index (κ3) is 4.49. The van der Waals surface area contributed by atoms with E-state index in [9.17, 15) is 14.7 Å². The molecule has 1 atom stereocenters. The van der Waals surface area contributed by atoms with Crippen LogP contribution in [0, 0.1) is 5.92 Å². The number of aliphatic hydroxyl groups excluding tert-OH is 1. The molecule has 6 heteroatoms. The summed E-state index contributed by atoms with van der Waals surface area (Å²) in [6.45, 7) is 4.22. The first-order valence-electron chi connectivity index (χ1n) is 10.9. The van der Waals surface area contributed by atoms with Gasteiger partial charge in [0.05, 0.1) is 18.2 Å². The van der Waals surface area contributed by atoms with Crippen molar-refractivity contribution in [2.24, 2.45) is 5.92 Å². The Bertz CT molecular complexity index is 1180. The number of thiophene rings is 1. The van der Waals surface area contributed by atoms with Crippen molar-refractivity contribution in [2.45, 2.75) is 32.9 Å². The lowest BCUT2D eigenvalue weighted by Gasteiger charge is -2.29. The summed E-state index contributed by atoms with van der Waals surface area (Å²) >= 11 is 1.62. The van der Waals surface area contributed by atoms with Gasteiger partial charge >= 0.3 is 0 Å². The molecule has 0 saturated carbocycles. The molecule has 0 radical (unpaired) electrons. The molecule has 0 bridgehead atoms. The summed E-state index contributed by atoms with van der Waals surface area (Å²) < 4.78 is 5.37. The summed E-state index contributed by atoms with van der Waals surface area (Å²) in [6.07, 6.45) is 0.251. The number of anilines is 1. The molecule has 2 heterocycles. The van der Waals surface area contributed by atoms with Crippen molar-refractivity contribution < 1.29 is 19.4 Å². The smallest absolute Gasteiger partial charge is 0.294 e. The van der Waals surface area contributed by atoms with Crippen LogP contribution >= 0.6 is 11.3 Å². The summed E-state index contributed by atoms with van der Waals surface area (Å²) in [5.74, 6) is -1.16. The van der Waals surface area contributed by atoms with Crippen LogP contribution in [0.4, 0.5) is 5.69 Å². The first kappa shape index (κ1) is 23.0. The fraction of sp³-hybridized carbons (Fsp3) is 0.259. The minimum atomic E-state index is -0.720. The Hall–Kier alpha value is -3.22. The number of hydrogen-bond acceptors (Lipinski definition) is 5. The summed E-state index contributed by atoms with van der Waals surface area (Å²) in [5.41, 5.74) is 4.55. The maximum atomic E-state index is 13.3. The molecular formula is C27H27NO4S. The van der Waals surface area contributed by atoms with E-state index in [1.165, 1.54) is 4.90 Å². The number of Topliss-reactive ketones (excluding diaryl/α,β-unsaturated/α-hetero) is 1. The predicted molar refractivity (Wildman–Crippen MR) is 131 cm³/mol. The van der Waals surface area contributed by atoms with Crippen molar-refractivity contribution in [2.75, 3.05) is 12.0 Å². The molecule has 0 saturated heterocycles. The van der Waals surface area contributed by atoms with Crippen molar-refractivity contribution in [1.82, 2.24) is 0 Å². The molecule has 33 heavy (non-hydrogen) atoms. The van der Waals surface area contributed by atoms with E-state index >= 15 is 0 Å². The van der Waals surface area contributed by atoms with Gasteiger partial charge in [0.15, 0.2) is 11.5 Å². The van der Waals surface area contributed by atoms with Gasteiger partial charge in [-0.3, -0.25) is 14.5 Å². The van der Waals surface area contributed by atoms with Crippen molar-refractivity contribution in [1.29, 1.82) is 0 Å². The van der Waals surface area contributed by atoms with E-state index in [2.05, 4.69) is 5.38 Å². The lowest BCUT2D eigenvalue weighted by molar-refractivity contribution is -0.118. The number of aliphatic hydroxyl groups is 1. The second-order valence-corrected chi connectivity index (χ2v) is 9.33. The maximum absolute atomic E-state index is 13.3. The molecule has 3 aromatic rings. The first-order chi connectivity index (χ1) is 15.9. The zero-order valence-electron chi connectivity index (χ0n) is 18.9. The molecule has 0 spiro atoms. The van der Waals surface area contributed by atoms with Gasteiger partial charge in [-0.25, -0.2) is 0 Å². The van der Waals surface area contributed by atoms with Crippen LogP contribution in [-0.2, 0) is 20.9 Å². The van der Waals surface area contributed by atoms with Gasteiger partial charge in [0.25, 0.3) is 5.91 Å². The molecule has 1 aliphatic heterocycles. The summed E-state index contributed by atoms with van der Waals surface area (Å²) in [4.78, 5) is 28.1. The third-order valence-electron chi connectivity index (χ3n) is 5.75. The highest BCUT2D eigenvalue weighted by Gasteiger charge is 2.44. The molecule has 1 aliphatic rings. The number of amides is 1. The Kier molecular flexibility index (Phi) is 6.77. The monoisotopic (exact) mass is 461 g/mol. The van der Waals surface area contributed by atoms with Gasteiger partial charge in [-0.2, -0.15) is 11.3 Å². The van der Waals surface area contributed by atoms with Crippen LogP contribution in [0.3, 0.4) is 0 Å². The first-order valence-corrected chi connectivity index (χ1v) is 11.9. The van der Waals surface area contributed by atoms with Gasteiger partial charge in [0.1, 0.15) is 0 Å². The van der Waals surface area contributed by atoms with Gasteiger partial charge in [-0.05, 0) is 57.1 Å². The molecule has 4 rings (SSSR count). The minimum Gasteiger partial charge on any atom is -0.503 e. The van der Waals surface area contributed by atoms with Gasteiger partial charge in [0, 0.05) is 19.2 Å². The van der Waals surface area contributed by atoms with Crippen molar-refractivity contribution >= 4 is 28.7 Å². The lowest BCUT2D eigenvalue weighted by atomic mass is 9.89. The predicted octanol–water partition coefficient (Wildman–Crippen LogP) is 6.08. The van der Waals surface area contributed by atoms with Gasteiger partial charge in [-0.15, -0.1) is 0 Å². The van der Waals surface area contributed by atoms with E-state index in [0.717, 1.165) is 22.3 Å². The van der Waals surface area contributed by atoms with Crippen molar-refractivity contribution in [3.63, 3.8) is 0 Å². The Labute approximate surface area is 197 Å². The van der Waals surface area contributed by atoms with E-state index in [4.69, 9.17) is 4.74 Å². The lowest BCUT2D eigenvalue weighted by Crippen LogP contribution is -2.31. The summed E-state index contributed by atoms with van der Waals surface area (Å²) in [7, 11) is 1.61. The van der Waals surface area contributed by atoms with Crippen LogP contribution in [0.25, 0.3) is 11.1 Å². The molecule has 1 aromatic heterocycles. The van der Waals surface area contributed by atoms with Gasteiger partial charge in [-0.1, -0.05) is 50.2 Å². The minimum absolute atomic E-state index is 0.0988. The number of methoxy groups -OCH3 is 1. The SMILES string of the molecule is COCc1ccccc1C1C(C(=O)CC(C)C)=C(O)C(=O)N1c1ccc(-c2ccsc2)cc1. The number of hydrogen-bond donors (Lipinski definition) is 1. The van der Waals surface area contributed by atoms with E-state index in [0.29, 0.717) is 12.3 Å². The van der Waals surface area contributed by atoms with Crippen LogP contribution in [-0.4, -0.2) is 23.9 Å². The Morgan fingerprint density at radius 1 is 1.09 bits per heavy atom. The van der Waals surface area contributed by atoms with Crippen LogP contribution < -0.4 is 4.90 Å². The topological polar surface area (TPSA) is 66.8 Å². The molecule has 2 aromatic carbocycles. The van der Waals surface area contributed by atoms with Crippen LogP contribution in [0.15, 0.2) is 76.7 Å². The number of rotatable bonds is 8. The highest BCUT2D eigenvalue weighted by Crippen LogP contribution is 2.43. The van der Waals surface area contributed by atoms with E-state index in [1.54, 1.807) is 18.4 Å². The number of ether oxygens (including phenoxy) is 1. The van der Waals surface area contributed by atoms with Crippen molar-refractivity contribution in [3.8, 4) is 11.1 Å². The molecule has 0 fully saturated rings. The number of benzene rings is 2. The van der Waals surface area contributed by atoms with E-state index in [1.807, 2.05) is 73.8 Å². The Morgan fingerprint density at radius 3 is 2.45 bits per heavy atom. The summed E-state index contributed by atoms with van der Waals surface area (Å²) in [5, 5.41) is 15.0. The van der Waals surface area contributed by atoms with Gasteiger partial charge in [0.2, 0.25) is 0 Å². The summed E-state index contributed by atoms with van der Waals surface area (Å²) in [6, 6.07) is 16.5. The second kappa shape index (κ2) is 9.73. The molecular weight excluding hydrogens is 434 g/mol. The number of carbonyl (C=O) groups is 2. The van der Waals surface area contributed by atoms with Crippen LogP contribution in [0.5, 0.6) is 0 Å². The standard InChI is InChI=1S/C27H27NO4S/c1-17(2)14-23(29)24-25(22-7-5-4-6-19(22)15-32-3)28(27(31)26(24)30)21-10-8-18(9-11-21)20-12-13-33-16-20/h4-13,16-17,25,30H,14-15H2,1-3H3. The average molecular weight is 462 g/mol. The van der Waals surface area contributed by atoms with Gasteiger partial charge < -0.3 is 9.84 Å². The third-order valence-corrected chi connectivity index (χ3v) is 6.43. The molecule has 1 unspecified atom stereocenters. The Morgan fingerprint density at radius 2 is 1.82 bits per heavy atom. The molecule has 170 valence electrons. The molecule has 1 amide bonds. The fourth-order valence-electron chi connectivity index (χ4n) is 4.26. The van der Waals surface area contributed by atoms with E-state index in [-0.39, 0.29) is 23.7 Å². The van der Waals surface area contributed by atoms with Crippen LogP contribution in [0.2, 0.25) is 0 Å². The fourth-order valence-corrected chi connectivity index (χ4v) is 4.93. The number of carbonyl (C=O) groups excluding carboxylic acids is 2. The number of nitrogens with zero attached hydrogens (tertiary/aromatic N) is 1. The maximum Gasteiger partial charge on any atom is 0.294 e.